The number of fused-ring (bicyclic) bond motifs is 1. The second-order valence-corrected chi connectivity index (χ2v) is 7.95. The van der Waals surface area contributed by atoms with Crippen molar-refractivity contribution in [2.24, 2.45) is 11.3 Å². The fourth-order valence-corrected chi connectivity index (χ4v) is 2.69. The molecule has 0 saturated heterocycles. The summed E-state index contributed by atoms with van der Waals surface area (Å²) in [5.41, 5.74) is 0.527. The van der Waals surface area contributed by atoms with Crippen molar-refractivity contribution in [3.8, 4) is 11.5 Å². The van der Waals surface area contributed by atoms with Crippen molar-refractivity contribution in [2.45, 2.75) is 47.1 Å². The fourth-order valence-electron chi connectivity index (χ4n) is 2.69. The molecule has 1 atom stereocenters. The Hall–Kier alpha value is -2.24. The van der Waals surface area contributed by atoms with Crippen LogP contribution in [0.3, 0.4) is 0 Å². The fraction of sp³-hybridized carbons (Fsp3) is 0.600. The summed E-state index contributed by atoms with van der Waals surface area (Å²) in [7, 11) is 0. The molecule has 6 nitrogen and oxygen atoms in total. The minimum Gasteiger partial charge on any atom is -0.486 e. The first-order valence-corrected chi connectivity index (χ1v) is 9.15. The molecule has 2 N–H and O–H groups in total. The third-order valence-electron chi connectivity index (χ3n) is 4.23. The maximum atomic E-state index is 12.3. The van der Waals surface area contributed by atoms with Crippen LogP contribution in [-0.4, -0.2) is 31.6 Å². The average molecular weight is 362 g/mol. The molecule has 1 aliphatic heterocycles. The first kappa shape index (κ1) is 20.1. The summed E-state index contributed by atoms with van der Waals surface area (Å²) in [5, 5.41) is 5.87. The molecule has 1 aromatic carbocycles. The molecule has 0 fully saturated rings. The van der Waals surface area contributed by atoms with Gasteiger partial charge in [-0.15, -0.1) is 0 Å². The van der Waals surface area contributed by atoms with Gasteiger partial charge in [0.1, 0.15) is 13.2 Å². The van der Waals surface area contributed by atoms with Crippen LogP contribution in [0.4, 0.5) is 0 Å². The number of rotatable bonds is 6. The topological polar surface area (TPSA) is 76.7 Å². The third-order valence-corrected chi connectivity index (χ3v) is 4.23. The SMILES string of the molecule is CC(C)C(NC(=O)CCNC(=O)C(C)(C)C)c1ccc2c(c1)OCCO2. The Balaban J connectivity index is 1.95. The van der Waals surface area contributed by atoms with Crippen LogP contribution in [0.15, 0.2) is 18.2 Å². The Morgan fingerprint density at radius 3 is 2.38 bits per heavy atom. The van der Waals surface area contributed by atoms with Gasteiger partial charge in [-0.05, 0) is 23.6 Å². The number of carbonyl (C=O) groups is 2. The van der Waals surface area contributed by atoms with Crippen LogP contribution >= 0.6 is 0 Å². The molecule has 26 heavy (non-hydrogen) atoms. The predicted molar refractivity (Wildman–Crippen MR) is 100 cm³/mol. The highest BCUT2D eigenvalue weighted by Crippen LogP contribution is 2.34. The number of hydrogen-bond donors (Lipinski definition) is 2. The van der Waals surface area contributed by atoms with Crippen LogP contribution < -0.4 is 20.1 Å². The van der Waals surface area contributed by atoms with Gasteiger partial charge in [-0.3, -0.25) is 9.59 Å². The number of nitrogens with one attached hydrogen (secondary N) is 2. The minimum atomic E-state index is -0.456. The Labute approximate surface area is 155 Å². The molecule has 0 saturated carbocycles. The highest BCUT2D eigenvalue weighted by molar-refractivity contribution is 5.82. The molecule has 1 aromatic rings. The van der Waals surface area contributed by atoms with Gasteiger partial charge in [-0.2, -0.15) is 0 Å². The van der Waals surface area contributed by atoms with Crippen LogP contribution in [0.2, 0.25) is 0 Å². The number of benzene rings is 1. The van der Waals surface area contributed by atoms with E-state index in [-0.39, 0.29) is 30.2 Å². The van der Waals surface area contributed by atoms with Crippen molar-refractivity contribution in [1.82, 2.24) is 10.6 Å². The van der Waals surface area contributed by atoms with E-state index in [2.05, 4.69) is 24.5 Å². The van der Waals surface area contributed by atoms with Gasteiger partial charge in [-0.1, -0.05) is 40.7 Å². The smallest absolute Gasteiger partial charge is 0.225 e. The summed E-state index contributed by atoms with van der Waals surface area (Å²) in [6.45, 7) is 11.1. The van der Waals surface area contributed by atoms with E-state index in [9.17, 15) is 9.59 Å². The Bertz CT molecular complexity index is 650. The molecule has 1 heterocycles. The molecule has 144 valence electrons. The minimum absolute atomic E-state index is 0.0578. The lowest BCUT2D eigenvalue weighted by molar-refractivity contribution is -0.128. The van der Waals surface area contributed by atoms with Gasteiger partial charge in [-0.25, -0.2) is 0 Å². The van der Waals surface area contributed by atoms with Crippen molar-refractivity contribution in [2.75, 3.05) is 19.8 Å². The van der Waals surface area contributed by atoms with Crippen LogP contribution in [0.5, 0.6) is 11.5 Å². The van der Waals surface area contributed by atoms with E-state index in [4.69, 9.17) is 9.47 Å². The first-order chi connectivity index (χ1) is 12.2. The second kappa shape index (κ2) is 8.43. The van der Waals surface area contributed by atoms with Crippen molar-refractivity contribution < 1.29 is 19.1 Å². The van der Waals surface area contributed by atoms with Gasteiger partial charge < -0.3 is 20.1 Å². The standard InChI is InChI=1S/C20H30N2O4/c1-13(2)18(14-6-7-15-16(12-14)26-11-10-25-15)22-17(23)8-9-21-19(24)20(3,4)5/h6-7,12-13,18H,8-11H2,1-5H3,(H,21,24)(H,22,23). The van der Waals surface area contributed by atoms with Gasteiger partial charge in [0.25, 0.3) is 0 Å². The molecular formula is C20H30N2O4. The number of hydrogen-bond acceptors (Lipinski definition) is 4. The normalized spacial score (nSPS) is 14.7. The molecular weight excluding hydrogens is 332 g/mol. The van der Waals surface area contributed by atoms with Crippen LogP contribution in [0.25, 0.3) is 0 Å². The third kappa shape index (κ3) is 5.38. The summed E-state index contributed by atoms with van der Waals surface area (Å²) < 4.78 is 11.2. The Morgan fingerprint density at radius 1 is 1.12 bits per heavy atom. The summed E-state index contributed by atoms with van der Waals surface area (Å²) >= 11 is 0. The van der Waals surface area contributed by atoms with E-state index < -0.39 is 5.41 Å². The van der Waals surface area contributed by atoms with Gasteiger partial charge in [0, 0.05) is 18.4 Å². The van der Waals surface area contributed by atoms with Crippen molar-refractivity contribution in [3.05, 3.63) is 23.8 Å². The highest BCUT2D eigenvalue weighted by atomic mass is 16.6. The largest absolute Gasteiger partial charge is 0.486 e. The van der Waals surface area contributed by atoms with Crippen LogP contribution in [0, 0.1) is 11.3 Å². The molecule has 0 aromatic heterocycles. The Morgan fingerprint density at radius 2 is 1.77 bits per heavy atom. The summed E-state index contributed by atoms with van der Waals surface area (Å²) in [5.74, 6) is 1.51. The van der Waals surface area contributed by atoms with E-state index in [0.717, 1.165) is 11.3 Å². The van der Waals surface area contributed by atoms with Crippen molar-refractivity contribution in [1.29, 1.82) is 0 Å². The van der Waals surface area contributed by atoms with E-state index >= 15 is 0 Å². The molecule has 0 radical (unpaired) electrons. The van der Waals surface area contributed by atoms with E-state index in [0.29, 0.717) is 25.5 Å². The lowest BCUT2D eigenvalue weighted by Crippen LogP contribution is -2.38. The lowest BCUT2D eigenvalue weighted by atomic mass is 9.95. The monoisotopic (exact) mass is 362 g/mol. The zero-order chi connectivity index (χ0) is 19.3. The number of amides is 2. The molecule has 0 spiro atoms. The van der Waals surface area contributed by atoms with E-state index in [1.54, 1.807) is 0 Å². The van der Waals surface area contributed by atoms with Crippen molar-refractivity contribution >= 4 is 11.8 Å². The molecule has 2 amide bonds. The van der Waals surface area contributed by atoms with E-state index in [1.807, 2.05) is 39.0 Å². The Kier molecular flexibility index (Phi) is 6.51. The number of carbonyl (C=O) groups excluding carboxylic acids is 2. The van der Waals surface area contributed by atoms with Crippen LogP contribution in [-0.2, 0) is 9.59 Å². The predicted octanol–water partition coefficient (Wildman–Crippen LogP) is 2.82. The molecule has 1 aliphatic rings. The van der Waals surface area contributed by atoms with Gasteiger partial charge in [0.2, 0.25) is 11.8 Å². The second-order valence-electron chi connectivity index (χ2n) is 7.95. The first-order valence-electron chi connectivity index (χ1n) is 9.15. The van der Waals surface area contributed by atoms with Gasteiger partial charge in [0.05, 0.1) is 6.04 Å². The number of ether oxygens (including phenoxy) is 2. The average Bonchev–Trinajstić information content (AvgIpc) is 2.58. The maximum absolute atomic E-state index is 12.3. The molecule has 0 bridgehead atoms. The maximum Gasteiger partial charge on any atom is 0.225 e. The van der Waals surface area contributed by atoms with Crippen molar-refractivity contribution in [3.63, 3.8) is 0 Å². The van der Waals surface area contributed by atoms with Gasteiger partial charge in [0.15, 0.2) is 11.5 Å². The van der Waals surface area contributed by atoms with Crippen LogP contribution in [0.1, 0.15) is 52.6 Å². The molecule has 2 rings (SSSR count). The summed E-state index contributed by atoms with van der Waals surface area (Å²) in [4.78, 5) is 24.2. The van der Waals surface area contributed by atoms with Gasteiger partial charge >= 0.3 is 0 Å². The highest BCUT2D eigenvalue weighted by Gasteiger charge is 2.23. The molecule has 1 unspecified atom stereocenters. The zero-order valence-electron chi connectivity index (χ0n) is 16.3. The summed E-state index contributed by atoms with van der Waals surface area (Å²) in [6, 6.07) is 5.65. The molecule has 0 aliphatic carbocycles. The van der Waals surface area contributed by atoms with E-state index in [1.165, 1.54) is 0 Å². The quantitative estimate of drug-likeness (QED) is 0.816. The lowest BCUT2D eigenvalue weighted by Gasteiger charge is -2.25. The summed E-state index contributed by atoms with van der Waals surface area (Å²) in [6.07, 6.45) is 0.246. The molecule has 6 heteroatoms. The zero-order valence-corrected chi connectivity index (χ0v) is 16.3.